The number of halogens is 1. The lowest BCUT2D eigenvalue weighted by Crippen LogP contribution is -2.36. The fourth-order valence-corrected chi connectivity index (χ4v) is 2.29. The minimum Gasteiger partial charge on any atom is -0.277 e. The minimum atomic E-state index is -0.773. The van der Waals surface area contributed by atoms with Crippen molar-refractivity contribution in [2.24, 2.45) is 4.99 Å². The van der Waals surface area contributed by atoms with Crippen LogP contribution in [0, 0.1) is 0 Å². The summed E-state index contributed by atoms with van der Waals surface area (Å²) in [5.41, 5.74) is 1.29. The highest BCUT2D eigenvalue weighted by Gasteiger charge is 2.38. The van der Waals surface area contributed by atoms with E-state index in [4.69, 9.17) is 11.6 Å². The monoisotopic (exact) mass is 313 g/mol. The molecule has 0 aromatic heterocycles. The predicted molar refractivity (Wildman–Crippen MR) is 85.9 cm³/mol. The summed E-state index contributed by atoms with van der Waals surface area (Å²) in [4.78, 5) is 29.6. The molecule has 2 aromatic rings. The number of urea groups is 1. The molecule has 1 heterocycles. The molecule has 1 N–H and O–H groups in total. The highest BCUT2D eigenvalue weighted by Crippen LogP contribution is 2.21. The third-order valence-corrected chi connectivity index (χ3v) is 3.47. The fraction of sp³-hybridized carbons (Fsp3) is 0.0625. The molecule has 0 spiro atoms. The second kappa shape index (κ2) is 5.99. The van der Waals surface area contributed by atoms with Crippen LogP contribution in [0.2, 0.25) is 5.02 Å². The number of imide groups is 1. The van der Waals surface area contributed by atoms with E-state index in [0.717, 1.165) is 0 Å². The van der Waals surface area contributed by atoms with Crippen molar-refractivity contribution in [3.05, 3.63) is 59.6 Å². The van der Waals surface area contributed by atoms with Crippen molar-refractivity contribution < 1.29 is 9.59 Å². The van der Waals surface area contributed by atoms with Gasteiger partial charge in [0.05, 0.1) is 5.69 Å². The molecule has 3 amide bonds. The topological polar surface area (TPSA) is 61.8 Å². The quantitative estimate of drug-likeness (QED) is 0.699. The number of benzene rings is 2. The highest BCUT2D eigenvalue weighted by molar-refractivity contribution is 6.30. The SMILES string of the molecule is O=C1NC(=O)N(c2ccccc2)C1C=Nc1ccc(Cl)cc1. The summed E-state index contributed by atoms with van der Waals surface area (Å²) in [6, 6.07) is 14.7. The molecule has 110 valence electrons. The van der Waals surface area contributed by atoms with E-state index >= 15 is 0 Å². The Labute approximate surface area is 132 Å². The second-order valence-corrected chi connectivity index (χ2v) is 5.14. The maximum absolute atomic E-state index is 12.0. The van der Waals surface area contributed by atoms with Crippen LogP contribution in [0.25, 0.3) is 0 Å². The first-order chi connectivity index (χ1) is 10.6. The zero-order valence-electron chi connectivity index (χ0n) is 11.4. The Kier molecular flexibility index (Phi) is 3.89. The zero-order valence-corrected chi connectivity index (χ0v) is 12.2. The van der Waals surface area contributed by atoms with Gasteiger partial charge in [-0.2, -0.15) is 0 Å². The van der Waals surface area contributed by atoms with Gasteiger partial charge in [-0.15, -0.1) is 0 Å². The molecular formula is C16H12ClN3O2. The number of para-hydroxylation sites is 1. The van der Waals surface area contributed by atoms with Gasteiger partial charge in [0.15, 0.2) is 6.04 Å². The summed E-state index contributed by atoms with van der Waals surface area (Å²) in [7, 11) is 0. The molecule has 1 atom stereocenters. The van der Waals surface area contributed by atoms with Crippen molar-refractivity contribution >= 4 is 41.1 Å². The van der Waals surface area contributed by atoms with Gasteiger partial charge >= 0.3 is 6.03 Å². The van der Waals surface area contributed by atoms with Crippen LogP contribution < -0.4 is 10.2 Å². The molecule has 1 unspecified atom stereocenters. The fourth-order valence-electron chi connectivity index (χ4n) is 2.17. The molecule has 6 heteroatoms. The van der Waals surface area contributed by atoms with Crippen molar-refractivity contribution in [1.82, 2.24) is 5.32 Å². The molecule has 1 saturated heterocycles. The van der Waals surface area contributed by atoms with E-state index in [1.54, 1.807) is 48.5 Å². The van der Waals surface area contributed by atoms with Crippen LogP contribution in [-0.2, 0) is 4.79 Å². The minimum absolute atomic E-state index is 0.397. The lowest BCUT2D eigenvalue weighted by atomic mass is 10.2. The second-order valence-electron chi connectivity index (χ2n) is 4.70. The average molecular weight is 314 g/mol. The Morgan fingerprint density at radius 3 is 2.41 bits per heavy atom. The van der Waals surface area contributed by atoms with Crippen LogP contribution in [0.4, 0.5) is 16.2 Å². The molecule has 0 aliphatic carbocycles. The summed E-state index contributed by atoms with van der Waals surface area (Å²) >= 11 is 5.82. The van der Waals surface area contributed by atoms with Gasteiger partial charge in [0, 0.05) is 16.9 Å². The third kappa shape index (κ3) is 2.84. The normalized spacial score (nSPS) is 18.0. The van der Waals surface area contributed by atoms with Gasteiger partial charge < -0.3 is 0 Å². The Hall–Kier alpha value is -2.66. The smallest absolute Gasteiger partial charge is 0.277 e. The number of hydrogen-bond donors (Lipinski definition) is 1. The van der Waals surface area contributed by atoms with Gasteiger partial charge in [-0.05, 0) is 36.4 Å². The summed E-state index contributed by atoms with van der Waals surface area (Å²) in [5.74, 6) is -0.397. The van der Waals surface area contributed by atoms with Gasteiger partial charge in [0.25, 0.3) is 5.91 Å². The van der Waals surface area contributed by atoms with Crippen LogP contribution in [0.1, 0.15) is 0 Å². The standard InChI is InChI=1S/C16H12ClN3O2/c17-11-6-8-12(9-7-11)18-10-14-15(21)19-16(22)20(14)13-4-2-1-3-5-13/h1-10,14H,(H,19,21,22). The van der Waals surface area contributed by atoms with Crippen molar-refractivity contribution in [3.63, 3.8) is 0 Å². The summed E-state index contributed by atoms with van der Waals surface area (Å²) < 4.78 is 0. The number of carbonyl (C=O) groups excluding carboxylic acids is 2. The van der Waals surface area contributed by atoms with Crippen LogP contribution in [-0.4, -0.2) is 24.2 Å². The molecule has 1 fully saturated rings. The van der Waals surface area contributed by atoms with Crippen LogP contribution in [0.15, 0.2) is 59.6 Å². The Morgan fingerprint density at radius 2 is 1.73 bits per heavy atom. The first-order valence-corrected chi connectivity index (χ1v) is 7.02. The van der Waals surface area contributed by atoms with Gasteiger partial charge in [-0.3, -0.25) is 20.0 Å². The lowest BCUT2D eigenvalue weighted by Gasteiger charge is -2.18. The van der Waals surface area contributed by atoms with E-state index < -0.39 is 18.0 Å². The predicted octanol–water partition coefficient (Wildman–Crippen LogP) is 3.17. The average Bonchev–Trinajstić information content (AvgIpc) is 2.81. The highest BCUT2D eigenvalue weighted by atomic mass is 35.5. The van der Waals surface area contributed by atoms with E-state index in [1.807, 2.05) is 6.07 Å². The van der Waals surface area contributed by atoms with Crippen LogP contribution in [0.5, 0.6) is 0 Å². The molecule has 1 aliphatic heterocycles. The van der Waals surface area contributed by atoms with E-state index in [2.05, 4.69) is 10.3 Å². The van der Waals surface area contributed by atoms with Gasteiger partial charge in [-0.25, -0.2) is 4.79 Å². The van der Waals surface area contributed by atoms with Gasteiger partial charge in [0.1, 0.15) is 0 Å². The molecule has 22 heavy (non-hydrogen) atoms. The largest absolute Gasteiger partial charge is 0.329 e. The van der Waals surface area contributed by atoms with Crippen LogP contribution in [0.3, 0.4) is 0 Å². The van der Waals surface area contributed by atoms with E-state index in [1.165, 1.54) is 11.1 Å². The summed E-state index contributed by atoms with van der Waals surface area (Å²) in [6.45, 7) is 0. The molecule has 0 radical (unpaired) electrons. The third-order valence-electron chi connectivity index (χ3n) is 3.22. The molecule has 0 saturated carbocycles. The number of nitrogens with one attached hydrogen (secondary N) is 1. The van der Waals surface area contributed by atoms with Crippen molar-refractivity contribution in [2.45, 2.75) is 6.04 Å². The Balaban J connectivity index is 1.88. The van der Waals surface area contributed by atoms with Crippen LogP contribution >= 0.6 is 11.6 Å². The Morgan fingerprint density at radius 1 is 1.05 bits per heavy atom. The molecule has 5 nitrogen and oxygen atoms in total. The molecule has 3 rings (SSSR count). The number of hydrogen-bond acceptors (Lipinski definition) is 3. The van der Waals surface area contributed by atoms with Crippen molar-refractivity contribution in [3.8, 4) is 0 Å². The van der Waals surface area contributed by atoms with Crippen molar-refractivity contribution in [1.29, 1.82) is 0 Å². The number of rotatable bonds is 3. The molecule has 0 bridgehead atoms. The van der Waals surface area contributed by atoms with Crippen molar-refractivity contribution in [2.75, 3.05) is 4.90 Å². The maximum atomic E-state index is 12.0. The molecular weight excluding hydrogens is 302 g/mol. The Bertz CT molecular complexity index is 729. The van der Waals surface area contributed by atoms with Gasteiger partial charge in [-0.1, -0.05) is 29.8 Å². The molecule has 2 aromatic carbocycles. The number of aliphatic imine (C=N–C) groups is 1. The lowest BCUT2D eigenvalue weighted by molar-refractivity contribution is -0.118. The van der Waals surface area contributed by atoms with E-state index in [0.29, 0.717) is 16.4 Å². The number of carbonyl (C=O) groups is 2. The first-order valence-electron chi connectivity index (χ1n) is 6.64. The first kappa shape index (κ1) is 14.3. The summed E-state index contributed by atoms with van der Waals surface area (Å²) in [6.07, 6.45) is 1.45. The maximum Gasteiger partial charge on any atom is 0.329 e. The summed E-state index contributed by atoms with van der Waals surface area (Å²) in [5, 5.41) is 2.91. The number of amides is 3. The zero-order chi connectivity index (χ0) is 15.5. The van der Waals surface area contributed by atoms with E-state index in [-0.39, 0.29) is 0 Å². The van der Waals surface area contributed by atoms with Gasteiger partial charge in [0.2, 0.25) is 0 Å². The van der Waals surface area contributed by atoms with E-state index in [9.17, 15) is 9.59 Å². The number of nitrogens with zero attached hydrogens (tertiary/aromatic N) is 2. The number of anilines is 1. The molecule has 1 aliphatic rings.